The zero-order valence-electron chi connectivity index (χ0n) is 10.3. The summed E-state index contributed by atoms with van der Waals surface area (Å²) in [6, 6.07) is 4.42. The highest BCUT2D eigenvalue weighted by Crippen LogP contribution is 2.17. The van der Waals surface area contributed by atoms with Crippen molar-refractivity contribution in [1.29, 1.82) is 0 Å². The third kappa shape index (κ3) is 3.89. The van der Waals surface area contributed by atoms with E-state index in [9.17, 15) is 0 Å². The van der Waals surface area contributed by atoms with Crippen LogP contribution in [0.4, 0.5) is 5.69 Å². The molecule has 94 valence electrons. The van der Waals surface area contributed by atoms with Crippen LogP contribution in [0.2, 0.25) is 0 Å². The van der Waals surface area contributed by atoms with Crippen LogP contribution in [0.5, 0.6) is 5.88 Å². The molecule has 1 fully saturated rings. The highest BCUT2D eigenvalue weighted by atomic mass is 16.5. The molecule has 2 rings (SSSR count). The number of anilines is 1. The Morgan fingerprint density at radius 3 is 3.12 bits per heavy atom. The molecule has 1 atom stereocenters. The standard InChI is InChI=1S/C13H20N2O2/c1-2-17-13-6-5-12(10-14-13)15-11-4-3-8-16-9-7-11/h5-6,10-11,15H,2-4,7-9H2,1H3. The number of ether oxygens (including phenoxy) is 2. The average Bonchev–Trinajstić information content (AvgIpc) is 2.61. The summed E-state index contributed by atoms with van der Waals surface area (Å²) in [4.78, 5) is 4.24. The topological polar surface area (TPSA) is 43.4 Å². The van der Waals surface area contributed by atoms with Crippen LogP contribution in [0.15, 0.2) is 18.3 Å². The highest BCUT2D eigenvalue weighted by molar-refractivity contribution is 5.42. The average molecular weight is 236 g/mol. The van der Waals surface area contributed by atoms with E-state index in [4.69, 9.17) is 9.47 Å². The fourth-order valence-corrected chi connectivity index (χ4v) is 1.98. The van der Waals surface area contributed by atoms with Gasteiger partial charge in [-0.05, 0) is 32.3 Å². The Labute approximate surface area is 102 Å². The van der Waals surface area contributed by atoms with Crippen molar-refractivity contribution in [3.63, 3.8) is 0 Å². The van der Waals surface area contributed by atoms with Gasteiger partial charge in [0.2, 0.25) is 5.88 Å². The zero-order chi connectivity index (χ0) is 11.9. The van der Waals surface area contributed by atoms with Crippen molar-refractivity contribution in [2.75, 3.05) is 25.1 Å². The number of hydrogen-bond acceptors (Lipinski definition) is 4. The molecular formula is C13H20N2O2. The maximum atomic E-state index is 5.44. The maximum absolute atomic E-state index is 5.44. The molecule has 1 N–H and O–H groups in total. The predicted molar refractivity (Wildman–Crippen MR) is 67.5 cm³/mol. The molecule has 0 amide bonds. The van der Waals surface area contributed by atoms with Crippen LogP contribution < -0.4 is 10.1 Å². The van der Waals surface area contributed by atoms with Gasteiger partial charge in [-0.25, -0.2) is 4.98 Å². The Balaban J connectivity index is 1.88. The molecule has 1 unspecified atom stereocenters. The summed E-state index contributed by atoms with van der Waals surface area (Å²) in [5.74, 6) is 0.683. The Bertz CT molecular complexity index is 319. The summed E-state index contributed by atoms with van der Waals surface area (Å²) in [7, 11) is 0. The largest absolute Gasteiger partial charge is 0.478 e. The summed E-state index contributed by atoms with van der Waals surface area (Å²) in [5.41, 5.74) is 1.06. The van der Waals surface area contributed by atoms with Gasteiger partial charge in [0.05, 0.1) is 18.5 Å². The van der Waals surface area contributed by atoms with Crippen molar-refractivity contribution in [2.24, 2.45) is 0 Å². The SMILES string of the molecule is CCOc1ccc(NC2CCCOCC2)cn1. The number of hydrogen-bond donors (Lipinski definition) is 1. The predicted octanol–water partition coefficient (Wildman–Crippen LogP) is 2.46. The molecule has 0 saturated carbocycles. The number of nitrogens with zero attached hydrogens (tertiary/aromatic N) is 1. The van der Waals surface area contributed by atoms with E-state index in [2.05, 4.69) is 10.3 Å². The first kappa shape index (κ1) is 12.2. The van der Waals surface area contributed by atoms with Gasteiger partial charge in [0.1, 0.15) is 0 Å². The summed E-state index contributed by atoms with van der Waals surface area (Å²) in [6.45, 7) is 4.35. The Hall–Kier alpha value is -1.29. The van der Waals surface area contributed by atoms with Gasteiger partial charge in [-0.3, -0.25) is 0 Å². The lowest BCUT2D eigenvalue weighted by Crippen LogP contribution is -2.19. The second-order valence-electron chi connectivity index (χ2n) is 4.20. The molecule has 1 aliphatic heterocycles. The minimum Gasteiger partial charge on any atom is -0.478 e. The fraction of sp³-hybridized carbons (Fsp3) is 0.615. The molecule has 1 aromatic heterocycles. The Morgan fingerprint density at radius 1 is 1.41 bits per heavy atom. The Kier molecular flexibility index (Phi) is 4.62. The molecule has 17 heavy (non-hydrogen) atoms. The second kappa shape index (κ2) is 6.45. The third-order valence-corrected chi connectivity index (χ3v) is 2.85. The zero-order valence-corrected chi connectivity index (χ0v) is 10.3. The van der Waals surface area contributed by atoms with Crippen molar-refractivity contribution in [3.8, 4) is 5.88 Å². The van der Waals surface area contributed by atoms with Crippen LogP contribution >= 0.6 is 0 Å². The first-order valence-corrected chi connectivity index (χ1v) is 6.31. The van der Waals surface area contributed by atoms with E-state index >= 15 is 0 Å². The van der Waals surface area contributed by atoms with Crippen molar-refractivity contribution in [3.05, 3.63) is 18.3 Å². The van der Waals surface area contributed by atoms with E-state index in [1.54, 1.807) is 0 Å². The van der Waals surface area contributed by atoms with Crippen LogP contribution in [0, 0.1) is 0 Å². The van der Waals surface area contributed by atoms with Gasteiger partial charge >= 0.3 is 0 Å². The number of aromatic nitrogens is 1. The van der Waals surface area contributed by atoms with Crippen LogP contribution in [0.3, 0.4) is 0 Å². The quantitative estimate of drug-likeness (QED) is 0.872. The smallest absolute Gasteiger partial charge is 0.213 e. The monoisotopic (exact) mass is 236 g/mol. The molecular weight excluding hydrogens is 216 g/mol. The number of nitrogens with one attached hydrogen (secondary N) is 1. The summed E-state index contributed by atoms with van der Waals surface area (Å²) < 4.78 is 10.7. The molecule has 0 spiro atoms. The molecule has 1 saturated heterocycles. The van der Waals surface area contributed by atoms with Gasteiger partial charge in [0, 0.05) is 25.3 Å². The lowest BCUT2D eigenvalue weighted by atomic mass is 10.1. The molecule has 4 heteroatoms. The summed E-state index contributed by atoms with van der Waals surface area (Å²) in [5, 5.41) is 3.49. The maximum Gasteiger partial charge on any atom is 0.213 e. The van der Waals surface area contributed by atoms with Gasteiger partial charge in [-0.2, -0.15) is 0 Å². The van der Waals surface area contributed by atoms with E-state index in [1.165, 1.54) is 0 Å². The van der Waals surface area contributed by atoms with Crippen LogP contribution in [0.1, 0.15) is 26.2 Å². The molecule has 0 aromatic carbocycles. The number of rotatable bonds is 4. The molecule has 1 aliphatic rings. The number of pyridine rings is 1. The van der Waals surface area contributed by atoms with Crippen LogP contribution in [0.25, 0.3) is 0 Å². The van der Waals surface area contributed by atoms with Crippen LogP contribution in [-0.2, 0) is 4.74 Å². The third-order valence-electron chi connectivity index (χ3n) is 2.85. The molecule has 1 aromatic rings. The molecule has 0 bridgehead atoms. The van der Waals surface area contributed by atoms with Crippen molar-refractivity contribution in [2.45, 2.75) is 32.2 Å². The van der Waals surface area contributed by atoms with E-state index < -0.39 is 0 Å². The second-order valence-corrected chi connectivity index (χ2v) is 4.20. The molecule has 2 heterocycles. The fourth-order valence-electron chi connectivity index (χ4n) is 1.98. The summed E-state index contributed by atoms with van der Waals surface area (Å²) in [6.07, 6.45) is 5.18. The van der Waals surface area contributed by atoms with Gasteiger partial charge < -0.3 is 14.8 Å². The van der Waals surface area contributed by atoms with Crippen molar-refractivity contribution >= 4 is 5.69 Å². The first-order chi connectivity index (χ1) is 8.38. The first-order valence-electron chi connectivity index (χ1n) is 6.31. The minimum atomic E-state index is 0.497. The van der Waals surface area contributed by atoms with E-state index in [0.29, 0.717) is 18.5 Å². The lowest BCUT2D eigenvalue weighted by molar-refractivity contribution is 0.144. The minimum absolute atomic E-state index is 0.497. The molecule has 0 radical (unpaired) electrons. The van der Waals surface area contributed by atoms with E-state index in [-0.39, 0.29) is 0 Å². The van der Waals surface area contributed by atoms with Gasteiger partial charge in [-0.15, -0.1) is 0 Å². The summed E-state index contributed by atoms with van der Waals surface area (Å²) >= 11 is 0. The lowest BCUT2D eigenvalue weighted by Gasteiger charge is -2.16. The van der Waals surface area contributed by atoms with E-state index in [0.717, 1.165) is 38.2 Å². The molecule has 4 nitrogen and oxygen atoms in total. The normalized spacial score (nSPS) is 20.6. The van der Waals surface area contributed by atoms with Gasteiger partial charge in [0.25, 0.3) is 0 Å². The highest BCUT2D eigenvalue weighted by Gasteiger charge is 2.12. The van der Waals surface area contributed by atoms with E-state index in [1.807, 2.05) is 25.3 Å². The Morgan fingerprint density at radius 2 is 2.35 bits per heavy atom. The molecule has 0 aliphatic carbocycles. The van der Waals surface area contributed by atoms with Gasteiger partial charge in [-0.1, -0.05) is 0 Å². The van der Waals surface area contributed by atoms with Gasteiger partial charge in [0.15, 0.2) is 0 Å². The van der Waals surface area contributed by atoms with Crippen molar-refractivity contribution in [1.82, 2.24) is 4.98 Å². The van der Waals surface area contributed by atoms with Crippen LogP contribution in [-0.4, -0.2) is 30.8 Å². The van der Waals surface area contributed by atoms with Crippen molar-refractivity contribution < 1.29 is 9.47 Å².